The number of anilines is 1. The van der Waals surface area contributed by atoms with Gasteiger partial charge in [-0.1, -0.05) is 11.6 Å². The van der Waals surface area contributed by atoms with Crippen LogP contribution >= 0.6 is 11.6 Å². The molecule has 0 unspecified atom stereocenters. The maximum absolute atomic E-state index is 11.9. The smallest absolute Gasteiger partial charge is 0.262 e. The predicted octanol–water partition coefficient (Wildman–Crippen LogP) is 1.79. The molecular formula is C11H9ClN4O2. The SMILES string of the molecule is COc1ncccc1C(=O)Nc1ccc(Cl)nn1. The summed E-state index contributed by atoms with van der Waals surface area (Å²) in [6.07, 6.45) is 1.54. The molecule has 2 aromatic heterocycles. The van der Waals surface area contributed by atoms with Crippen LogP contribution in [0, 0.1) is 0 Å². The Kier molecular flexibility index (Phi) is 3.69. The molecule has 0 saturated carbocycles. The zero-order valence-corrected chi connectivity index (χ0v) is 10.2. The van der Waals surface area contributed by atoms with Crippen LogP contribution in [0.25, 0.3) is 0 Å². The number of methoxy groups -OCH3 is 1. The van der Waals surface area contributed by atoms with Crippen LogP contribution in [0.3, 0.4) is 0 Å². The molecule has 2 rings (SSSR count). The van der Waals surface area contributed by atoms with Gasteiger partial charge in [-0.2, -0.15) is 0 Å². The lowest BCUT2D eigenvalue weighted by atomic mass is 10.2. The summed E-state index contributed by atoms with van der Waals surface area (Å²) in [5.74, 6) is 0.170. The summed E-state index contributed by atoms with van der Waals surface area (Å²) >= 11 is 5.60. The lowest BCUT2D eigenvalue weighted by molar-refractivity contribution is 0.102. The van der Waals surface area contributed by atoms with E-state index < -0.39 is 0 Å². The molecule has 92 valence electrons. The first-order valence-electron chi connectivity index (χ1n) is 5.00. The number of hydrogen-bond acceptors (Lipinski definition) is 5. The summed E-state index contributed by atoms with van der Waals surface area (Å²) in [5.41, 5.74) is 0.316. The van der Waals surface area contributed by atoms with Crippen LogP contribution in [-0.2, 0) is 0 Å². The Bertz CT molecular complexity index is 559. The number of nitrogens with zero attached hydrogens (tertiary/aromatic N) is 3. The van der Waals surface area contributed by atoms with E-state index >= 15 is 0 Å². The number of halogens is 1. The molecule has 0 bridgehead atoms. The summed E-state index contributed by atoms with van der Waals surface area (Å²) < 4.78 is 4.99. The van der Waals surface area contributed by atoms with Crippen LogP contribution in [0.1, 0.15) is 10.4 Å². The monoisotopic (exact) mass is 264 g/mol. The molecule has 2 aromatic rings. The third-order valence-electron chi connectivity index (χ3n) is 2.08. The van der Waals surface area contributed by atoms with Gasteiger partial charge in [0.05, 0.1) is 7.11 Å². The van der Waals surface area contributed by atoms with Gasteiger partial charge in [0.15, 0.2) is 11.0 Å². The summed E-state index contributed by atoms with van der Waals surface area (Å²) in [4.78, 5) is 15.9. The highest BCUT2D eigenvalue weighted by molar-refractivity contribution is 6.29. The quantitative estimate of drug-likeness (QED) is 0.914. The van der Waals surface area contributed by atoms with Crippen molar-refractivity contribution in [3.05, 3.63) is 41.2 Å². The second-order valence-corrected chi connectivity index (χ2v) is 3.64. The minimum absolute atomic E-state index is 0.247. The lowest BCUT2D eigenvalue weighted by Gasteiger charge is -2.06. The Hall–Kier alpha value is -2.21. The molecule has 0 atom stereocenters. The normalized spacial score (nSPS) is 9.89. The first kappa shape index (κ1) is 12.3. The van der Waals surface area contributed by atoms with E-state index in [0.29, 0.717) is 11.4 Å². The van der Waals surface area contributed by atoms with Crippen LogP contribution in [0.4, 0.5) is 5.82 Å². The number of aromatic nitrogens is 3. The predicted molar refractivity (Wildman–Crippen MR) is 65.8 cm³/mol. The first-order valence-corrected chi connectivity index (χ1v) is 5.38. The summed E-state index contributed by atoms with van der Waals surface area (Å²) in [5, 5.41) is 10.2. The Morgan fingerprint density at radius 1 is 1.33 bits per heavy atom. The van der Waals surface area contributed by atoms with Gasteiger partial charge >= 0.3 is 0 Å². The maximum Gasteiger partial charge on any atom is 0.262 e. The highest BCUT2D eigenvalue weighted by Crippen LogP contribution is 2.15. The van der Waals surface area contributed by atoms with Crippen LogP contribution in [0.5, 0.6) is 5.88 Å². The molecule has 1 amide bonds. The standard InChI is InChI=1S/C11H9ClN4O2/c1-18-11-7(3-2-6-13-11)10(17)14-9-5-4-8(12)15-16-9/h2-6H,1H3,(H,14,16,17). The fraction of sp³-hybridized carbons (Fsp3) is 0.0909. The Morgan fingerprint density at radius 2 is 2.17 bits per heavy atom. The van der Waals surface area contributed by atoms with E-state index in [4.69, 9.17) is 16.3 Å². The van der Waals surface area contributed by atoms with Crippen molar-refractivity contribution in [2.45, 2.75) is 0 Å². The molecule has 0 fully saturated rings. The molecule has 0 radical (unpaired) electrons. The molecular weight excluding hydrogens is 256 g/mol. The zero-order chi connectivity index (χ0) is 13.0. The fourth-order valence-electron chi connectivity index (χ4n) is 1.29. The zero-order valence-electron chi connectivity index (χ0n) is 9.42. The van der Waals surface area contributed by atoms with Crippen molar-refractivity contribution in [1.29, 1.82) is 0 Å². The van der Waals surface area contributed by atoms with Crippen molar-refractivity contribution in [3.8, 4) is 5.88 Å². The molecule has 0 aliphatic rings. The average molecular weight is 265 g/mol. The van der Waals surface area contributed by atoms with Crippen molar-refractivity contribution in [1.82, 2.24) is 15.2 Å². The fourth-order valence-corrected chi connectivity index (χ4v) is 1.39. The van der Waals surface area contributed by atoms with Crippen LogP contribution in [0.2, 0.25) is 5.15 Å². The van der Waals surface area contributed by atoms with Gasteiger partial charge in [-0.05, 0) is 24.3 Å². The Morgan fingerprint density at radius 3 is 2.83 bits per heavy atom. The van der Waals surface area contributed by atoms with Crippen molar-refractivity contribution in [2.24, 2.45) is 0 Å². The van der Waals surface area contributed by atoms with E-state index in [1.165, 1.54) is 19.4 Å². The van der Waals surface area contributed by atoms with Crippen LogP contribution in [-0.4, -0.2) is 28.2 Å². The third kappa shape index (κ3) is 2.72. The third-order valence-corrected chi connectivity index (χ3v) is 2.28. The van der Waals surface area contributed by atoms with E-state index in [0.717, 1.165) is 0 Å². The molecule has 2 heterocycles. The average Bonchev–Trinajstić information content (AvgIpc) is 2.41. The number of hydrogen-bond donors (Lipinski definition) is 1. The van der Waals surface area contributed by atoms with Gasteiger partial charge in [-0.15, -0.1) is 10.2 Å². The Labute approximate surface area is 108 Å². The number of ether oxygens (including phenoxy) is 1. The molecule has 0 aromatic carbocycles. The van der Waals surface area contributed by atoms with Crippen molar-refractivity contribution >= 4 is 23.3 Å². The maximum atomic E-state index is 11.9. The molecule has 6 nitrogen and oxygen atoms in total. The number of carbonyl (C=O) groups is 1. The topological polar surface area (TPSA) is 77.0 Å². The second kappa shape index (κ2) is 5.42. The van der Waals surface area contributed by atoms with Crippen LogP contribution in [0.15, 0.2) is 30.5 Å². The van der Waals surface area contributed by atoms with Gasteiger partial charge in [0.1, 0.15) is 5.56 Å². The lowest BCUT2D eigenvalue weighted by Crippen LogP contribution is -2.14. The van der Waals surface area contributed by atoms with E-state index in [1.54, 1.807) is 18.2 Å². The number of nitrogens with one attached hydrogen (secondary N) is 1. The summed E-state index contributed by atoms with van der Waals surface area (Å²) in [7, 11) is 1.45. The van der Waals surface area contributed by atoms with Crippen molar-refractivity contribution < 1.29 is 9.53 Å². The molecule has 7 heteroatoms. The van der Waals surface area contributed by atoms with Crippen molar-refractivity contribution in [2.75, 3.05) is 12.4 Å². The molecule has 18 heavy (non-hydrogen) atoms. The summed E-state index contributed by atoms with van der Waals surface area (Å²) in [6.45, 7) is 0. The van der Waals surface area contributed by atoms with Crippen molar-refractivity contribution in [3.63, 3.8) is 0 Å². The highest BCUT2D eigenvalue weighted by Gasteiger charge is 2.13. The minimum atomic E-state index is -0.378. The van der Waals surface area contributed by atoms with Gasteiger partial charge in [0.2, 0.25) is 5.88 Å². The molecule has 0 saturated heterocycles. The second-order valence-electron chi connectivity index (χ2n) is 3.26. The van der Waals surface area contributed by atoms with E-state index in [1.807, 2.05) is 0 Å². The Balaban J connectivity index is 2.19. The van der Waals surface area contributed by atoms with Gasteiger partial charge in [0.25, 0.3) is 5.91 Å². The number of amides is 1. The number of carbonyl (C=O) groups excluding carboxylic acids is 1. The van der Waals surface area contributed by atoms with Gasteiger partial charge in [0, 0.05) is 6.20 Å². The highest BCUT2D eigenvalue weighted by atomic mass is 35.5. The van der Waals surface area contributed by atoms with Gasteiger partial charge in [-0.3, -0.25) is 4.79 Å². The van der Waals surface area contributed by atoms with Gasteiger partial charge < -0.3 is 10.1 Å². The van der Waals surface area contributed by atoms with E-state index in [9.17, 15) is 4.79 Å². The number of rotatable bonds is 3. The molecule has 0 spiro atoms. The molecule has 0 aliphatic carbocycles. The van der Waals surface area contributed by atoms with E-state index in [-0.39, 0.29) is 16.9 Å². The van der Waals surface area contributed by atoms with Gasteiger partial charge in [-0.25, -0.2) is 4.98 Å². The molecule has 0 aliphatic heterocycles. The molecule has 1 N–H and O–H groups in total. The van der Waals surface area contributed by atoms with Crippen LogP contribution < -0.4 is 10.1 Å². The first-order chi connectivity index (χ1) is 8.70. The number of pyridine rings is 1. The summed E-state index contributed by atoms with van der Waals surface area (Å²) in [6, 6.07) is 6.33. The largest absolute Gasteiger partial charge is 0.480 e. The van der Waals surface area contributed by atoms with E-state index in [2.05, 4.69) is 20.5 Å². The minimum Gasteiger partial charge on any atom is -0.480 e.